The van der Waals surface area contributed by atoms with Crippen molar-refractivity contribution in [3.8, 4) is 0 Å². The van der Waals surface area contributed by atoms with Gasteiger partial charge >= 0.3 is 0 Å². The minimum absolute atomic E-state index is 0.0557. The molecule has 0 spiro atoms. The maximum Gasteiger partial charge on any atom is 0.230 e. The summed E-state index contributed by atoms with van der Waals surface area (Å²) in [4.78, 5) is 13.3. The molecule has 2 aromatic rings. The summed E-state index contributed by atoms with van der Waals surface area (Å²) in [5, 5.41) is 11.1. The largest absolute Gasteiger partial charge is 0.355 e. The fourth-order valence-corrected chi connectivity index (χ4v) is 5.03. The summed E-state index contributed by atoms with van der Waals surface area (Å²) in [6.45, 7) is 5.62. The molecule has 0 radical (unpaired) electrons. The van der Waals surface area contributed by atoms with Gasteiger partial charge in [-0.2, -0.15) is 0 Å². The van der Waals surface area contributed by atoms with Gasteiger partial charge in [0, 0.05) is 32.6 Å². The van der Waals surface area contributed by atoms with Gasteiger partial charge in [0.2, 0.25) is 15.9 Å². The van der Waals surface area contributed by atoms with Crippen LogP contribution in [0.25, 0.3) is 0 Å². The molecule has 9 heteroatoms. The van der Waals surface area contributed by atoms with Crippen molar-refractivity contribution in [1.82, 2.24) is 24.4 Å². The lowest BCUT2D eigenvalue weighted by Crippen LogP contribution is -2.53. The smallest absolute Gasteiger partial charge is 0.230 e. The molecular weight excluding hydrogens is 390 g/mol. The predicted octanol–water partition coefficient (Wildman–Crippen LogP) is 1.34. The third-order valence-electron chi connectivity index (χ3n) is 5.77. The third kappa shape index (κ3) is 4.51. The molecule has 158 valence electrons. The SMILES string of the molecule is CCn1cnnc1CCNC(=O)C1(c2ccccc2)CCN(S(=O)(=O)CC)CC1. The Morgan fingerprint density at radius 2 is 1.86 bits per heavy atom. The maximum atomic E-state index is 13.3. The van der Waals surface area contributed by atoms with Crippen molar-refractivity contribution >= 4 is 15.9 Å². The molecule has 1 saturated heterocycles. The molecule has 1 aromatic heterocycles. The molecule has 1 aliphatic rings. The van der Waals surface area contributed by atoms with Gasteiger partial charge in [-0.05, 0) is 32.3 Å². The predicted molar refractivity (Wildman–Crippen MR) is 111 cm³/mol. The van der Waals surface area contributed by atoms with E-state index in [1.54, 1.807) is 13.3 Å². The normalized spacial score (nSPS) is 17.2. The Hall–Kier alpha value is -2.26. The molecule has 1 fully saturated rings. The second kappa shape index (κ2) is 9.04. The van der Waals surface area contributed by atoms with E-state index in [0.29, 0.717) is 38.9 Å². The van der Waals surface area contributed by atoms with E-state index in [1.165, 1.54) is 4.31 Å². The Morgan fingerprint density at radius 3 is 2.48 bits per heavy atom. The Bertz CT molecular complexity index is 919. The standard InChI is InChI=1S/C20H29N5O3S/c1-3-24-16-22-23-18(24)10-13-21-19(26)20(17-8-6-5-7-9-17)11-14-25(15-12-20)29(27,28)4-2/h5-9,16H,3-4,10-15H2,1-2H3,(H,21,26). The number of hydrogen-bond acceptors (Lipinski definition) is 5. The van der Waals surface area contributed by atoms with Crippen LogP contribution in [0.4, 0.5) is 0 Å². The molecule has 29 heavy (non-hydrogen) atoms. The van der Waals surface area contributed by atoms with Crippen molar-refractivity contribution < 1.29 is 13.2 Å². The van der Waals surface area contributed by atoms with Crippen LogP contribution in [0.15, 0.2) is 36.7 Å². The minimum atomic E-state index is -3.25. The van der Waals surface area contributed by atoms with Gasteiger partial charge in [-0.15, -0.1) is 10.2 Å². The fraction of sp³-hybridized carbons (Fsp3) is 0.550. The van der Waals surface area contributed by atoms with E-state index in [0.717, 1.165) is 17.9 Å². The third-order valence-corrected chi connectivity index (χ3v) is 7.65. The summed E-state index contributed by atoms with van der Waals surface area (Å²) in [5.74, 6) is 0.862. The van der Waals surface area contributed by atoms with Gasteiger partial charge in [-0.3, -0.25) is 4.79 Å². The van der Waals surface area contributed by atoms with Crippen molar-refractivity contribution in [2.75, 3.05) is 25.4 Å². The first-order valence-electron chi connectivity index (χ1n) is 10.1. The number of aryl methyl sites for hydroxylation is 1. The first-order valence-corrected chi connectivity index (χ1v) is 11.7. The summed E-state index contributed by atoms with van der Waals surface area (Å²) in [5.41, 5.74) is 0.210. The number of carbonyl (C=O) groups is 1. The van der Waals surface area contributed by atoms with Crippen molar-refractivity contribution in [2.45, 2.75) is 45.1 Å². The van der Waals surface area contributed by atoms with E-state index in [9.17, 15) is 13.2 Å². The van der Waals surface area contributed by atoms with Crippen molar-refractivity contribution in [1.29, 1.82) is 0 Å². The fourth-order valence-electron chi connectivity index (χ4n) is 3.93. The number of aromatic nitrogens is 3. The Morgan fingerprint density at radius 1 is 1.17 bits per heavy atom. The van der Waals surface area contributed by atoms with Crippen molar-refractivity contribution in [3.05, 3.63) is 48.0 Å². The lowest BCUT2D eigenvalue weighted by atomic mass is 9.72. The van der Waals surface area contributed by atoms with Gasteiger partial charge in [-0.25, -0.2) is 12.7 Å². The number of benzene rings is 1. The average Bonchev–Trinajstić information content (AvgIpc) is 3.21. The minimum Gasteiger partial charge on any atom is -0.355 e. The number of amides is 1. The first kappa shape index (κ1) is 21.4. The second-order valence-electron chi connectivity index (χ2n) is 7.29. The Balaban J connectivity index is 1.74. The van der Waals surface area contributed by atoms with Crippen LogP contribution in [-0.2, 0) is 33.2 Å². The number of nitrogens with zero attached hydrogens (tertiary/aromatic N) is 4. The molecule has 1 amide bonds. The number of sulfonamides is 1. The first-order chi connectivity index (χ1) is 13.9. The zero-order valence-electron chi connectivity index (χ0n) is 17.0. The lowest BCUT2D eigenvalue weighted by molar-refractivity contribution is -0.128. The zero-order chi connectivity index (χ0) is 20.9. The van der Waals surface area contributed by atoms with E-state index in [1.807, 2.05) is 41.8 Å². The van der Waals surface area contributed by atoms with Gasteiger partial charge in [0.15, 0.2) is 0 Å². The molecule has 0 atom stereocenters. The average molecular weight is 420 g/mol. The van der Waals surface area contributed by atoms with Crippen LogP contribution in [0, 0.1) is 0 Å². The molecular formula is C20H29N5O3S. The summed E-state index contributed by atoms with van der Waals surface area (Å²) in [7, 11) is -3.25. The van der Waals surface area contributed by atoms with Crippen LogP contribution in [0.2, 0.25) is 0 Å². The molecule has 2 heterocycles. The molecule has 1 aromatic carbocycles. The summed E-state index contributed by atoms with van der Waals surface area (Å²) < 4.78 is 27.9. The highest BCUT2D eigenvalue weighted by atomic mass is 32.2. The topological polar surface area (TPSA) is 97.2 Å². The van der Waals surface area contributed by atoms with Crippen LogP contribution in [0.5, 0.6) is 0 Å². The van der Waals surface area contributed by atoms with E-state index in [-0.39, 0.29) is 11.7 Å². The molecule has 8 nitrogen and oxygen atoms in total. The molecule has 0 bridgehead atoms. The van der Waals surface area contributed by atoms with E-state index < -0.39 is 15.4 Å². The highest BCUT2D eigenvalue weighted by Gasteiger charge is 2.44. The van der Waals surface area contributed by atoms with E-state index in [2.05, 4.69) is 15.5 Å². The lowest BCUT2D eigenvalue weighted by Gasteiger charge is -2.40. The highest BCUT2D eigenvalue weighted by molar-refractivity contribution is 7.89. The Labute approximate surface area is 172 Å². The molecule has 0 unspecified atom stereocenters. The summed E-state index contributed by atoms with van der Waals surface area (Å²) in [6, 6.07) is 9.67. The molecule has 0 saturated carbocycles. The summed E-state index contributed by atoms with van der Waals surface area (Å²) >= 11 is 0. The van der Waals surface area contributed by atoms with E-state index >= 15 is 0 Å². The van der Waals surface area contributed by atoms with Gasteiger partial charge in [0.25, 0.3) is 0 Å². The second-order valence-corrected chi connectivity index (χ2v) is 9.54. The maximum absolute atomic E-state index is 13.3. The van der Waals surface area contributed by atoms with Gasteiger partial charge in [0.05, 0.1) is 11.2 Å². The van der Waals surface area contributed by atoms with Crippen LogP contribution in [0.1, 0.15) is 38.1 Å². The molecule has 3 rings (SSSR count). The molecule has 1 N–H and O–H groups in total. The van der Waals surface area contributed by atoms with Crippen molar-refractivity contribution in [3.63, 3.8) is 0 Å². The quantitative estimate of drug-likeness (QED) is 0.696. The van der Waals surface area contributed by atoms with Gasteiger partial charge < -0.3 is 9.88 Å². The number of piperidine rings is 1. The highest BCUT2D eigenvalue weighted by Crippen LogP contribution is 2.36. The Kier molecular flexibility index (Phi) is 6.69. The zero-order valence-corrected chi connectivity index (χ0v) is 17.9. The van der Waals surface area contributed by atoms with Gasteiger partial charge in [0.1, 0.15) is 12.2 Å². The number of hydrogen-bond donors (Lipinski definition) is 1. The van der Waals surface area contributed by atoms with Gasteiger partial charge in [-0.1, -0.05) is 30.3 Å². The number of rotatable bonds is 8. The van der Waals surface area contributed by atoms with Crippen molar-refractivity contribution in [2.24, 2.45) is 0 Å². The number of nitrogens with one attached hydrogen (secondary N) is 1. The van der Waals surface area contributed by atoms with E-state index in [4.69, 9.17) is 0 Å². The van der Waals surface area contributed by atoms with Crippen LogP contribution in [-0.4, -0.2) is 58.8 Å². The molecule has 0 aliphatic carbocycles. The number of carbonyl (C=O) groups excluding carboxylic acids is 1. The summed E-state index contributed by atoms with van der Waals surface area (Å²) in [6.07, 6.45) is 3.22. The van der Waals surface area contributed by atoms with Crippen LogP contribution >= 0.6 is 0 Å². The van der Waals surface area contributed by atoms with Crippen LogP contribution in [0.3, 0.4) is 0 Å². The monoisotopic (exact) mass is 419 g/mol. The van der Waals surface area contributed by atoms with Crippen LogP contribution < -0.4 is 5.32 Å². The molecule has 1 aliphatic heterocycles.